The van der Waals surface area contributed by atoms with Crippen molar-refractivity contribution in [3.8, 4) is 5.75 Å². The Kier molecular flexibility index (Phi) is 4.94. The van der Waals surface area contributed by atoms with Crippen molar-refractivity contribution in [2.24, 2.45) is 10.2 Å². The normalized spacial score (nSPS) is 20.5. The van der Waals surface area contributed by atoms with E-state index in [9.17, 15) is 14.7 Å². The topological polar surface area (TPSA) is 103 Å². The molecule has 1 amide bonds. The number of amidine groups is 1. The summed E-state index contributed by atoms with van der Waals surface area (Å²) in [6, 6.07) is 7.13. The third-order valence-corrected chi connectivity index (χ3v) is 3.66. The fourth-order valence-corrected chi connectivity index (χ4v) is 2.43. The molecule has 1 aliphatic heterocycles. The van der Waals surface area contributed by atoms with Crippen molar-refractivity contribution in [3.05, 3.63) is 29.8 Å². The first-order valence-corrected chi connectivity index (χ1v) is 6.89. The molecule has 1 saturated heterocycles. The average Bonchev–Trinajstić information content (AvgIpc) is 2.47. The Balaban J connectivity index is 2.03. The Hall–Kier alpha value is -2.35. The molecule has 0 spiro atoms. The van der Waals surface area contributed by atoms with Gasteiger partial charge in [0.25, 0.3) is 0 Å². The van der Waals surface area contributed by atoms with E-state index in [1.54, 1.807) is 31.4 Å². The van der Waals surface area contributed by atoms with Crippen LogP contribution in [0.1, 0.15) is 12.0 Å². The van der Waals surface area contributed by atoms with E-state index >= 15 is 0 Å². The second kappa shape index (κ2) is 6.89. The highest BCUT2D eigenvalue weighted by atomic mass is 32.2. The number of nitrogens with zero attached hydrogens (tertiary/aromatic N) is 2. The molecule has 0 unspecified atom stereocenters. The molecule has 8 heteroatoms. The van der Waals surface area contributed by atoms with Gasteiger partial charge in [0.1, 0.15) is 5.75 Å². The molecule has 0 saturated carbocycles. The number of carbonyl (C=O) groups is 2. The number of benzene rings is 1. The van der Waals surface area contributed by atoms with E-state index in [0.717, 1.165) is 23.1 Å². The first kappa shape index (κ1) is 15.0. The zero-order valence-corrected chi connectivity index (χ0v) is 11.9. The fourth-order valence-electron chi connectivity index (χ4n) is 1.56. The summed E-state index contributed by atoms with van der Waals surface area (Å²) in [7, 11) is 1.58. The molecular weight excluding hydrogens is 294 g/mol. The summed E-state index contributed by atoms with van der Waals surface area (Å²) in [5.74, 6) is -0.978. The number of hydrogen-bond acceptors (Lipinski definition) is 7. The summed E-state index contributed by atoms with van der Waals surface area (Å²) in [5.41, 5.74) is 0.795. The van der Waals surface area contributed by atoms with E-state index < -0.39 is 17.1 Å². The average molecular weight is 306 g/mol. The van der Waals surface area contributed by atoms with E-state index in [4.69, 9.17) is 4.74 Å². The molecule has 1 atom stereocenters. The smallest absolute Gasteiger partial charge is 0.227 e. The number of hydrogen-bond donors (Lipinski definition) is 1. The molecule has 0 radical (unpaired) electrons. The summed E-state index contributed by atoms with van der Waals surface area (Å²) >= 11 is 0.907. The molecule has 7 nitrogen and oxygen atoms in total. The predicted molar refractivity (Wildman–Crippen MR) is 77.2 cm³/mol. The van der Waals surface area contributed by atoms with Crippen LogP contribution in [0.2, 0.25) is 0 Å². The molecule has 2 rings (SSSR count). The Morgan fingerprint density at radius 1 is 1.48 bits per heavy atom. The Labute approximate surface area is 125 Å². The Morgan fingerprint density at radius 2 is 2.19 bits per heavy atom. The highest BCUT2D eigenvalue weighted by Gasteiger charge is 2.25. The molecule has 1 N–H and O–H groups in total. The zero-order valence-electron chi connectivity index (χ0n) is 11.1. The van der Waals surface area contributed by atoms with Crippen molar-refractivity contribution < 1.29 is 19.4 Å². The van der Waals surface area contributed by atoms with Crippen LogP contribution < -0.4 is 15.2 Å². The van der Waals surface area contributed by atoms with Crippen LogP contribution in [0.5, 0.6) is 5.75 Å². The molecule has 1 aromatic carbocycles. The highest BCUT2D eigenvalue weighted by Crippen LogP contribution is 2.19. The van der Waals surface area contributed by atoms with Crippen molar-refractivity contribution in [1.29, 1.82) is 0 Å². The number of carbonyl (C=O) groups excluding carboxylic acids is 2. The fraction of sp³-hybridized carbons (Fsp3) is 0.231. The van der Waals surface area contributed by atoms with Crippen LogP contribution in [0, 0.1) is 0 Å². The summed E-state index contributed by atoms with van der Waals surface area (Å²) < 4.78 is 5.03. The molecule has 1 aliphatic rings. The number of carboxylic acids is 1. The van der Waals surface area contributed by atoms with Gasteiger partial charge in [-0.05, 0) is 29.8 Å². The summed E-state index contributed by atoms with van der Waals surface area (Å²) in [4.78, 5) is 22.1. The largest absolute Gasteiger partial charge is 0.549 e. The number of rotatable bonds is 4. The molecule has 110 valence electrons. The van der Waals surface area contributed by atoms with Crippen LogP contribution in [0.3, 0.4) is 0 Å². The minimum Gasteiger partial charge on any atom is -0.549 e. The lowest BCUT2D eigenvalue weighted by Gasteiger charge is -2.22. The van der Waals surface area contributed by atoms with Crippen LogP contribution in [-0.4, -0.2) is 35.6 Å². The highest BCUT2D eigenvalue weighted by molar-refractivity contribution is 8.15. The van der Waals surface area contributed by atoms with Crippen molar-refractivity contribution in [3.63, 3.8) is 0 Å². The van der Waals surface area contributed by atoms with Gasteiger partial charge >= 0.3 is 0 Å². The first-order chi connectivity index (χ1) is 10.1. The lowest BCUT2D eigenvalue weighted by molar-refractivity contribution is -0.304. The van der Waals surface area contributed by atoms with Gasteiger partial charge in [-0.2, -0.15) is 5.10 Å². The van der Waals surface area contributed by atoms with E-state index in [0.29, 0.717) is 0 Å². The first-order valence-electron chi connectivity index (χ1n) is 6.01. The lowest BCUT2D eigenvalue weighted by atomic mass is 10.2. The van der Waals surface area contributed by atoms with Crippen LogP contribution in [-0.2, 0) is 9.59 Å². The van der Waals surface area contributed by atoms with Crippen molar-refractivity contribution in [1.82, 2.24) is 5.32 Å². The maximum Gasteiger partial charge on any atom is 0.227 e. The number of aliphatic carboxylic acids is 1. The maximum absolute atomic E-state index is 11.3. The van der Waals surface area contributed by atoms with E-state index in [1.807, 2.05) is 0 Å². The van der Waals surface area contributed by atoms with Gasteiger partial charge in [0.15, 0.2) is 5.17 Å². The Morgan fingerprint density at radius 3 is 2.81 bits per heavy atom. The number of methoxy groups -OCH3 is 1. The van der Waals surface area contributed by atoms with Crippen LogP contribution >= 0.6 is 11.8 Å². The summed E-state index contributed by atoms with van der Waals surface area (Å²) in [6.45, 7) is 0. The van der Waals surface area contributed by atoms with Crippen molar-refractivity contribution in [2.75, 3.05) is 7.11 Å². The lowest BCUT2D eigenvalue weighted by Crippen LogP contribution is -2.44. The van der Waals surface area contributed by atoms with Crippen molar-refractivity contribution in [2.45, 2.75) is 11.7 Å². The molecule has 1 fully saturated rings. The van der Waals surface area contributed by atoms with Crippen molar-refractivity contribution >= 4 is 35.0 Å². The monoisotopic (exact) mass is 306 g/mol. The number of thioether (sulfide) groups is 1. The third-order valence-electron chi connectivity index (χ3n) is 2.61. The minimum atomic E-state index is -1.29. The molecule has 21 heavy (non-hydrogen) atoms. The van der Waals surface area contributed by atoms with Gasteiger partial charge in [0.05, 0.1) is 24.5 Å². The number of ether oxygens (including phenoxy) is 1. The van der Waals surface area contributed by atoms with Gasteiger partial charge in [0.2, 0.25) is 5.91 Å². The van der Waals surface area contributed by atoms with E-state index in [-0.39, 0.29) is 11.6 Å². The minimum absolute atomic E-state index is 0.131. The van der Waals surface area contributed by atoms with Gasteiger partial charge in [-0.3, -0.25) is 4.79 Å². The number of nitrogens with one attached hydrogen (secondary N) is 1. The second-order valence-electron chi connectivity index (χ2n) is 4.10. The van der Waals surface area contributed by atoms with Gasteiger partial charge in [-0.25, -0.2) is 0 Å². The van der Waals surface area contributed by atoms with Gasteiger partial charge in [0, 0.05) is 6.42 Å². The molecule has 1 heterocycles. The molecule has 0 bridgehead atoms. The SMILES string of the molecule is COc1ccc(/C=N\N=C2/NC(=O)C[C@H](C(=O)[O-])S2)cc1. The third kappa shape index (κ3) is 4.32. The quantitative estimate of drug-likeness (QED) is 0.610. The van der Waals surface area contributed by atoms with Crippen LogP contribution in [0.4, 0.5) is 0 Å². The van der Waals surface area contributed by atoms with E-state index in [1.165, 1.54) is 6.21 Å². The van der Waals surface area contributed by atoms with Gasteiger partial charge in [-0.15, -0.1) is 5.10 Å². The van der Waals surface area contributed by atoms with Crippen LogP contribution in [0.25, 0.3) is 0 Å². The van der Waals surface area contributed by atoms with Gasteiger partial charge < -0.3 is 20.0 Å². The predicted octanol–water partition coefficient (Wildman–Crippen LogP) is -0.243. The molecule has 1 aromatic rings. The zero-order chi connectivity index (χ0) is 15.2. The van der Waals surface area contributed by atoms with Gasteiger partial charge in [-0.1, -0.05) is 11.8 Å². The molecule has 0 aromatic heterocycles. The van der Waals surface area contributed by atoms with Crippen LogP contribution in [0.15, 0.2) is 34.5 Å². The molecule has 0 aliphatic carbocycles. The standard InChI is InChI=1S/C13H13N3O4S/c1-20-9-4-2-8(3-5-9)7-14-16-13-15-11(17)6-10(21-13)12(18)19/h2-5,7,10H,6H2,1H3,(H,18,19)(H,15,16,17)/p-1/b14-7-/t10-/m1/s1. The second-order valence-corrected chi connectivity index (χ2v) is 5.29. The number of amides is 1. The number of carboxylic acid groups (broad SMARTS) is 1. The van der Waals surface area contributed by atoms with E-state index in [2.05, 4.69) is 15.5 Å². The summed E-state index contributed by atoms with van der Waals surface area (Å²) in [6.07, 6.45) is 1.36. The maximum atomic E-state index is 11.3. The summed E-state index contributed by atoms with van der Waals surface area (Å²) in [5, 5.41) is 20.1. The Bertz CT molecular complexity index is 598. The molecular formula is C13H12N3O4S-.